The molecule has 0 aromatic rings. The molecule has 2 atom stereocenters. The van der Waals surface area contributed by atoms with E-state index >= 15 is 0 Å². The molecule has 0 aliphatic rings. The van der Waals surface area contributed by atoms with Gasteiger partial charge in [0.25, 0.3) is 0 Å². The van der Waals surface area contributed by atoms with Crippen molar-refractivity contribution in [2.75, 3.05) is 13.2 Å². The highest BCUT2D eigenvalue weighted by Crippen LogP contribution is 2.12. The van der Waals surface area contributed by atoms with Crippen molar-refractivity contribution in [3.05, 3.63) is 0 Å². The zero-order valence-corrected chi connectivity index (χ0v) is 9.64. The van der Waals surface area contributed by atoms with Crippen LogP contribution in [0.15, 0.2) is 0 Å². The molecule has 0 saturated heterocycles. The quantitative estimate of drug-likeness (QED) is 0.579. The topological polar surface area (TPSA) is 98.8 Å². The fourth-order valence-electron chi connectivity index (χ4n) is 1.36. The van der Waals surface area contributed by atoms with Crippen LogP contribution in [0, 0.1) is 0 Å². The maximum Gasteiger partial charge on any atom is 0.303 e. The molecule has 0 rings (SSSR count). The van der Waals surface area contributed by atoms with Crippen LogP contribution < -0.4 is 5.73 Å². The van der Waals surface area contributed by atoms with Crippen LogP contribution in [0.5, 0.6) is 0 Å². The number of carbonyl (C=O) groups is 2. The molecule has 0 heterocycles. The highest BCUT2D eigenvalue weighted by molar-refractivity contribution is 5.67. The highest BCUT2D eigenvalue weighted by Gasteiger charge is 2.25. The van der Waals surface area contributed by atoms with Crippen LogP contribution in [0.3, 0.4) is 0 Å². The van der Waals surface area contributed by atoms with Crippen molar-refractivity contribution < 1.29 is 24.2 Å². The summed E-state index contributed by atoms with van der Waals surface area (Å²) < 4.78 is 9.97. The second-order valence-corrected chi connectivity index (χ2v) is 3.39. The van der Waals surface area contributed by atoms with E-state index in [0.29, 0.717) is 13.0 Å². The molecular weight excluding hydrogens is 214 g/mol. The molecule has 0 fully saturated rings. The van der Waals surface area contributed by atoms with Crippen LogP contribution in [0.25, 0.3) is 0 Å². The second kappa shape index (κ2) is 8.06. The van der Waals surface area contributed by atoms with Crippen LogP contribution in [-0.4, -0.2) is 42.4 Å². The molecule has 6 heteroatoms. The summed E-state index contributed by atoms with van der Waals surface area (Å²) in [6, 6.07) is 0. The summed E-state index contributed by atoms with van der Waals surface area (Å²) in [6.45, 7) is 2.69. The Balaban J connectivity index is 4.49. The zero-order chi connectivity index (χ0) is 12.6. The number of rotatable bonds is 7. The van der Waals surface area contributed by atoms with E-state index < -0.39 is 24.1 Å². The average molecular weight is 233 g/mol. The minimum absolute atomic E-state index is 0.152. The van der Waals surface area contributed by atoms with E-state index in [4.69, 9.17) is 20.3 Å². The first kappa shape index (κ1) is 14.9. The predicted octanol–water partition coefficient (Wildman–Crippen LogP) is -0.419. The molecule has 0 aromatic carbocycles. The third-order valence-corrected chi connectivity index (χ3v) is 1.91. The first-order valence-electron chi connectivity index (χ1n) is 5.16. The van der Waals surface area contributed by atoms with Gasteiger partial charge in [-0.1, -0.05) is 0 Å². The van der Waals surface area contributed by atoms with Crippen molar-refractivity contribution in [1.29, 1.82) is 0 Å². The van der Waals surface area contributed by atoms with Gasteiger partial charge in [-0.2, -0.15) is 0 Å². The van der Waals surface area contributed by atoms with Gasteiger partial charge in [0.05, 0.1) is 0 Å². The van der Waals surface area contributed by atoms with Crippen molar-refractivity contribution in [2.24, 2.45) is 5.73 Å². The minimum atomic E-state index is -0.644. The standard InChI is InChI=1S/C10H19NO5/c1-7(13)15-9(3-5-11)10(4-6-12)16-8(2)14/h9-10,12H,3-6,11H2,1-2H3. The third kappa shape index (κ3) is 6.36. The molecule has 94 valence electrons. The first-order valence-corrected chi connectivity index (χ1v) is 5.16. The molecule has 0 bridgehead atoms. The Hall–Kier alpha value is -1.14. The third-order valence-electron chi connectivity index (χ3n) is 1.91. The Morgan fingerprint density at radius 2 is 1.56 bits per heavy atom. The summed E-state index contributed by atoms with van der Waals surface area (Å²) in [7, 11) is 0. The van der Waals surface area contributed by atoms with Crippen molar-refractivity contribution in [3.8, 4) is 0 Å². The summed E-state index contributed by atoms with van der Waals surface area (Å²) in [5.41, 5.74) is 5.38. The molecule has 6 nitrogen and oxygen atoms in total. The monoisotopic (exact) mass is 233 g/mol. The number of aliphatic hydroxyl groups excluding tert-OH is 1. The number of hydrogen-bond acceptors (Lipinski definition) is 6. The maximum absolute atomic E-state index is 10.9. The molecule has 0 spiro atoms. The van der Waals surface area contributed by atoms with Gasteiger partial charge in [-0.3, -0.25) is 9.59 Å². The fraction of sp³-hybridized carbons (Fsp3) is 0.800. The summed E-state index contributed by atoms with van der Waals surface area (Å²) in [5.74, 6) is -0.943. The van der Waals surface area contributed by atoms with Gasteiger partial charge in [-0.05, 0) is 6.54 Å². The van der Waals surface area contributed by atoms with Gasteiger partial charge >= 0.3 is 11.9 Å². The smallest absolute Gasteiger partial charge is 0.303 e. The Kier molecular flexibility index (Phi) is 7.49. The van der Waals surface area contributed by atoms with Gasteiger partial charge < -0.3 is 20.3 Å². The van der Waals surface area contributed by atoms with Crippen molar-refractivity contribution in [1.82, 2.24) is 0 Å². The Morgan fingerprint density at radius 3 is 1.88 bits per heavy atom. The van der Waals surface area contributed by atoms with Gasteiger partial charge in [0.15, 0.2) is 0 Å². The SMILES string of the molecule is CC(=O)OC(CCN)C(CCO)OC(C)=O. The molecule has 2 unspecified atom stereocenters. The molecular formula is C10H19NO5. The Labute approximate surface area is 94.7 Å². The lowest BCUT2D eigenvalue weighted by molar-refractivity contribution is -0.166. The van der Waals surface area contributed by atoms with E-state index in [1.54, 1.807) is 0 Å². The molecule has 0 amide bonds. The maximum atomic E-state index is 10.9. The number of hydrogen-bond donors (Lipinski definition) is 2. The molecule has 0 aliphatic carbocycles. The number of aliphatic hydroxyl groups is 1. The first-order chi connectivity index (χ1) is 7.51. The summed E-state index contributed by atoms with van der Waals surface area (Å²) in [5, 5.41) is 8.84. The second-order valence-electron chi connectivity index (χ2n) is 3.39. The van der Waals surface area contributed by atoms with E-state index in [1.807, 2.05) is 0 Å². The lowest BCUT2D eigenvalue weighted by atomic mass is 10.1. The van der Waals surface area contributed by atoms with Gasteiger partial charge in [0.1, 0.15) is 12.2 Å². The van der Waals surface area contributed by atoms with Gasteiger partial charge in [0.2, 0.25) is 0 Å². The lowest BCUT2D eigenvalue weighted by Crippen LogP contribution is -2.36. The predicted molar refractivity (Wildman–Crippen MR) is 56.5 cm³/mol. The van der Waals surface area contributed by atoms with E-state index in [1.165, 1.54) is 13.8 Å². The largest absolute Gasteiger partial charge is 0.459 e. The van der Waals surface area contributed by atoms with E-state index in [9.17, 15) is 9.59 Å². The zero-order valence-electron chi connectivity index (χ0n) is 9.64. The Morgan fingerprint density at radius 1 is 1.12 bits per heavy atom. The summed E-state index contributed by atoms with van der Waals surface area (Å²) >= 11 is 0. The highest BCUT2D eigenvalue weighted by atomic mass is 16.6. The van der Waals surface area contributed by atoms with Crippen LogP contribution in [0.1, 0.15) is 26.7 Å². The van der Waals surface area contributed by atoms with Crippen molar-refractivity contribution in [2.45, 2.75) is 38.9 Å². The minimum Gasteiger partial charge on any atom is -0.459 e. The lowest BCUT2D eigenvalue weighted by Gasteiger charge is -2.25. The molecule has 16 heavy (non-hydrogen) atoms. The van der Waals surface area contributed by atoms with Crippen LogP contribution in [-0.2, 0) is 19.1 Å². The molecule has 0 aromatic heterocycles. The molecule has 3 N–H and O–H groups in total. The van der Waals surface area contributed by atoms with E-state index in [0.717, 1.165) is 0 Å². The van der Waals surface area contributed by atoms with Gasteiger partial charge in [-0.15, -0.1) is 0 Å². The number of carbonyl (C=O) groups excluding carboxylic acids is 2. The molecule has 0 aliphatic heterocycles. The van der Waals surface area contributed by atoms with Gasteiger partial charge in [0, 0.05) is 33.3 Å². The molecule has 0 radical (unpaired) electrons. The van der Waals surface area contributed by atoms with Gasteiger partial charge in [-0.25, -0.2) is 0 Å². The number of esters is 2. The molecule has 0 saturated carbocycles. The summed E-state index contributed by atoms with van der Waals surface area (Å²) in [4.78, 5) is 21.7. The van der Waals surface area contributed by atoms with Crippen molar-refractivity contribution in [3.63, 3.8) is 0 Å². The number of nitrogens with two attached hydrogens (primary N) is 1. The number of ether oxygens (including phenoxy) is 2. The fourth-order valence-corrected chi connectivity index (χ4v) is 1.36. The normalized spacial score (nSPS) is 14.0. The Bertz CT molecular complexity index is 207. The summed E-state index contributed by atoms with van der Waals surface area (Å²) in [6.07, 6.45) is -0.636. The van der Waals surface area contributed by atoms with Crippen LogP contribution in [0.2, 0.25) is 0 Å². The van der Waals surface area contributed by atoms with Crippen molar-refractivity contribution >= 4 is 11.9 Å². The van der Waals surface area contributed by atoms with Crippen LogP contribution in [0.4, 0.5) is 0 Å². The van der Waals surface area contributed by atoms with E-state index in [-0.39, 0.29) is 13.0 Å². The van der Waals surface area contributed by atoms with Crippen LogP contribution >= 0.6 is 0 Å². The average Bonchev–Trinajstić information content (AvgIpc) is 2.15. The van der Waals surface area contributed by atoms with E-state index in [2.05, 4.69) is 0 Å².